The Hall–Kier alpha value is -2.91. The average Bonchev–Trinajstić information content (AvgIpc) is 3.29. The second-order valence-corrected chi connectivity index (χ2v) is 8.17. The van der Waals surface area contributed by atoms with E-state index in [-0.39, 0.29) is 12.6 Å². The van der Waals surface area contributed by atoms with Crippen LogP contribution in [0, 0.1) is 0 Å². The fraction of sp³-hybridized carbons (Fsp3) is 0.450. The summed E-state index contributed by atoms with van der Waals surface area (Å²) in [6.07, 6.45) is 3.59. The number of rotatable bonds is 4. The highest BCUT2D eigenvalue weighted by Gasteiger charge is 2.39. The molecule has 0 atom stereocenters. The van der Waals surface area contributed by atoms with Crippen molar-refractivity contribution >= 4 is 5.69 Å². The van der Waals surface area contributed by atoms with Crippen LogP contribution in [0.3, 0.4) is 0 Å². The van der Waals surface area contributed by atoms with Gasteiger partial charge < -0.3 is 25.0 Å². The molecule has 4 heterocycles. The maximum absolute atomic E-state index is 9.38. The van der Waals surface area contributed by atoms with E-state index in [0.717, 1.165) is 34.3 Å². The molecular weight excluding hydrogens is 370 g/mol. The maximum atomic E-state index is 9.38. The van der Waals surface area contributed by atoms with Crippen molar-refractivity contribution in [1.82, 2.24) is 24.3 Å². The highest BCUT2D eigenvalue weighted by molar-refractivity contribution is 5.72. The smallest absolute Gasteiger partial charge is 0.178 e. The Balaban J connectivity index is 1.50. The van der Waals surface area contributed by atoms with Crippen LogP contribution >= 0.6 is 0 Å². The van der Waals surface area contributed by atoms with Gasteiger partial charge in [-0.15, -0.1) is 0 Å². The number of aliphatic hydroxyl groups is 1. The summed E-state index contributed by atoms with van der Waals surface area (Å²) in [6.45, 7) is 6.68. The van der Waals surface area contributed by atoms with Crippen molar-refractivity contribution in [3.8, 4) is 28.7 Å². The van der Waals surface area contributed by atoms with E-state index in [4.69, 9.17) is 15.5 Å². The zero-order valence-corrected chi connectivity index (χ0v) is 16.6. The van der Waals surface area contributed by atoms with E-state index in [1.54, 1.807) is 6.33 Å². The standard InChI is InChI=1S/C20H25N7O2/c1-13(2)27-19(22-12-23-27)16-8-25-5-6-29-17-7-14(3-4-15(17)18(25)24-16)26-9-20(21,10-26)11-28/h3-4,7-8,12-13,28H,5-6,9-11,21H2,1-2H3. The number of anilines is 1. The van der Waals surface area contributed by atoms with Crippen LogP contribution in [0.1, 0.15) is 19.9 Å². The topological polar surface area (TPSA) is 107 Å². The molecule has 9 heteroatoms. The lowest BCUT2D eigenvalue weighted by Crippen LogP contribution is -2.69. The molecule has 2 aromatic heterocycles. The lowest BCUT2D eigenvalue weighted by atomic mass is 9.91. The van der Waals surface area contributed by atoms with Crippen molar-refractivity contribution < 1.29 is 9.84 Å². The number of benzene rings is 1. The first kappa shape index (κ1) is 18.1. The lowest BCUT2D eigenvalue weighted by Gasteiger charge is -2.48. The van der Waals surface area contributed by atoms with Gasteiger partial charge >= 0.3 is 0 Å². The van der Waals surface area contributed by atoms with Gasteiger partial charge in [-0.25, -0.2) is 14.6 Å². The maximum Gasteiger partial charge on any atom is 0.178 e. The minimum atomic E-state index is -0.509. The number of fused-ring (bicyclic) bond motifs is 3. The molecule has 0 spiro atoms. The normalized spacial score (nSPS) is 17.3. The number of hydrogen-bond donors (Lipinski definition) is 2. The minimum Gasteiger partial charge on any atom is -0.491 e. The highest BCUT2D eigenvalue weighted by atomic mass is 16.5. The fourth-order valence-electron chi connectivity index (χ4n) is 3.98. The molecule has 0 saturated carbocycles. The summed E-state index contributed by atoms with van der Waals surface area (Å²) in [5.41, 5.74) is 8.38. The summed E-state index contributed by atoms with van der Waals surface area (Å²) < 4.78 is 10.0. The third kappa shape index (κ3) is 2.97. The molecule has 1 saturated heterocycles. The number of nitrogens with two attached hydrogens (primary N) is 1. The van der Waals surface area contributed by atoms with Gasteiger partial charge in [-0.1, -0.05) is 0 Å². The second kappa shape index (κ2) is 6.57. The van der Waals surface area contributed by atoms with Crippen LogP contribution < -0.4 is 15.4 Å². The molecule has 2 aliphatic heterocycles. The molecule has 0 radical (unpaired) electrons. The van der Waals surface area contributed by atoms with E-state index in [1.165, 1.54) is 0 Å². The zero-order chi connectivity index (χ0) is 20.2. The van der Waals surface area contributed by atoms with E-state index >= 15 is 0 Å². The molecule has 9 nitrogen and oxygen atoms in total. The summed E-state index contributed by atoms with van der Waals surface area (Å²) in [5, 5.41) is 13.7. The summed E-state index contributed by atoms with van der Waals surface area (Å²) in [7, 11) is 0. The number of ether oxygens (including phenoxy) is 1. The summed E-state index contributed by atoms with van der Waals surface area (Å²) in [5.74, 6) is 2.44. The summed E-state index contributed by atoms with van der Waals surface area (Å²) >= 11 is 0. The van der Waals surface area contributed by atoms with Crippen molar-refractivity contribution in [1.29, 1.82) is 0 Å². The number of imidazole rings is 1. The summed E-state index contributed by atoms with van der Waals surface area (Å²) in [4.78, 5) is 11.4. The third-order valence-electron chi connectivity index (χ3n) is 5.56. The number of nitrogens with zero attached hydrogens (tertiary/aromatic N) is 6. The second-order valence-electron chi connectivity index (χ2n) is 8.17. The van der Waals surface area contributed by atoms with Gasteiger partial charge in [0, 0.05) is 37.1 Å². The molecular formula is C20H25N7O2. The van der Waals surface area contributed by atoms with Gasteiger partial charge in [0.2, 0.25) is 0 Å². The fourth-order valence-corrected chi connectivity index (χ4v) is 3.98. The summed E-state index contributed by atoms with van der Waals surface area (Å²) in [6, 6.07) is 6.34. The van der Waals surface area contributed by atoms with Crippen LogP contribution in [0.5, 0.6) is 5.75 Å². The third-order valence-corrected chi connectivity index (χ3v) is 5.56. The SMILES string of the molecule is CC(C)n1ncnc1-c1cn2c(n1)-c1ccc(N3CC(N)(CO)C3)cc1OCC2. The number of hydrogen-bond acceptors (Lipinski definition) is 7. The molecule has 0 amide bonds. The Morgan fingerprint density at radius 3 is 2.86 bits per heavy atom. The molecule has 1 fully saturated rings. The first-order chi connectivity index (χ1) is 14.0. The molecule has 2 aliphatic rings. The van der Waals surface area contributed by atoms with E-state index in [1.807, 2.05) is 23.0 Å². The zero-order valence-electron chi connectivity index (χ0n) is 16.6. The Morgan fingerprint density at radius 1 is 1.28 bits per heavy atom. The molecule has 0 unspecified atom stereocenters. The van der Waals surface area contributed by atoms with Crippen LogP contribution in [0.15, 0.2) is 30.7 Å². The molecule has 5 rings (SSSR count). The molecule has 0 bridgehead atoms. The molecule has 3 N–H and O–H groups in total. The van der Waals surface area contributed by atoms with Gasteiger partial charge in [0.15, 0.2) is 5.82 Å². The predicted octanol–water partition coefficient (Wildman–Crippen LogP) is 1.29. The molecule has 152 valence electrons. The largest absolute Gasteiger partial charge is 0.491 e. The Bertz CT molecular complexity index is 1050. The van der Waals surface area contributed by atoms with Gasteiger partial charge in [0.05, 0.1) is 24.3 Å². The van der Waals surface area contributed by atoms with Gasteiger partial charge in [-0.3, -0.25) is 0 Å². The number of aromatic nitrogens is 5. The highest BCUT2D eigenvalue weighted by Crippen LogP contribution is 2.38. The quantitative estimate of drug-likeness (QED) is 0.685. The predicted molar refractivity (Wildman–Crippen MR) is 109 cm³/mol. The van der Waals surface area contributed by atoms with Crippen LogP contribution in [0.25, 0.3) is 22.9 Å². The van der Waals surface area contributed by atoms with Gasteiger partial charge in [-0.2, -0.15) is 5.10 Å². The Labute approximate surface area is 168 Å². The molecule has 3 aromatic rings. The van der Waals surface area contributed by atoms with Gasteiger partial charge in [-0.05, 0) is 26.0 Å². The van der Waals surface area contributed by atoms with Crippen molar-refractivity contribution in [2.24, 2.45) is 5.73 Å². The Morgan fingerprint density at radius 2 is 2.10 bits per heavy atom. The van der Waals surface area contributed by atoms with Crippen molar-refractivity contribution in [2.75, 3.05) is 31.2 Å². The van der Waals surface area contributed by atoms with Crippen molar-refractivity contribution in [3.05, 3.63) is 30.7 Å². The molecule has 0 aliphatic carbocycles. The van der Waals surface area contributed by atoms with Crippen LogP contribution in [0.2, 0.25) is 0 Å². The van der Waals surface area contributed by atoms with Crippen LogP contribution in [-0.2, 0) is 6.54 Å². The van der Waals surface area contributed by atoms with Crippen molar-refractivity contribution in [3.63, 3.8) is 0 Å². The monoisotopic (exact) mass is 395 g/mol. The van der Waals surface area contributed by atoms with E-state index in [2.05, 4.69) is 39.5 Å². The Kier molecular flexibility index (Phi) is 4.11. The average molecular weight is 395 g/mol. The first-order valence-electron chi connectivity index (χ1n) is 9.86. The van der Waals surface area contributed by atoms with Gasteiger partial charge in [0.25, 0.3) is 0 Å². The molecule has 29 heavy (non-hydrogen) atoms. The van der Waals surface area contributed by atoms with Crippen LogP contribution in [-0.4, -0.2) is 61.3 Å². The van der Waals surface area contributed by atoms with Crippen molar-refractivity contribution in [2.45, 2.75) is 32.0 Å². The first-order valence-corrected chi connectivity index (χ1v) is 9.86. The van der Waals surface area contributed by atoms with Crippen LogP contribution in [0.4, 0.5) is 5.69 Å². The van der Waals surface area contributed by atoms with E-state index in [9.17, 15) is 5.11 Å². The molecule has 1 aromatic carbocycles. The van der Waals surface area contributed by atoms with E-state index < -0.39 is 5.54 Å². The van der Waals surface area contributed by atoms with E-state index in [0.29, 0.717) is 26.2 Å². The lowest BCUT2D eigenvalue weighted by molar-refractivity contribution is 0.167. The number of aliphatic hydroxyl groups excluding tert-OH is 1. The van der Waals surface area contributed by atoms with Gasteiger partial charge in [0.1, 0.15) is 30.2 Å². The minimum absolute atomic E-state index is 0.00779.